The molecule has 0 aliphatic rings. The Morgan fingerprint density at radius 3 is 2.38 bits per heavy atom. The van der Waals surface area contributed by atoms with Crippen LogP contribution < -0.4 is 25.8 Å². The SMILES string of the molecule is COc1ccc(OC)c(Nc2ncnc(Nc3cccc4ncccc34)c2N)c1. The van der Waals surface area contributed by atoms with Crippen LogP contribution >= 0.6 is 0 Å². The number of methoxy groups -OCH3 is 2. The number of aromatic nitrogens is 3. The lowest BCUT2D eigenvalue weighted by Gasteiger charge is -2.15. The Labute approximate surface area is 167 Å². The highest BCUT2D eigenvalue weighted by Crippen LogP contribution is 2.35. The number of nitrogens with one attached hydrogen (secondary N) is 2. The number of nitrogens with zero attached hydrogens (tertiary/aromatic N) is 3. The number of hydrogen-bond donors (Lipinski definition) is 3. The summed E-state index contributed by atoms with van der Waals surface area (Å²) in [5.74, 6) is 2.26. The van der Waals surface area contributed by atoms with E-state index in [2.05, 4.69) is 25.6 Å². The number of fused-ring (bicyclic) bond motifs is 1. The fourth-order valence-electron chi connectivity index (χ4n) is 2.97. The van der Waals surface area contributed by atoms with Crippen molar-refractivity contribution < 1.29 is 9.47 Å². The average molecular weight is 388 g/mol. The van der Waals surface area contributed by atoms with Crippen LogP contribution in [-0.4, -0.2) is 29.2 Å². The van der Waals surface area contributed by atoms with Gasteiger partial charge >= 0.3 is 0 Å². The Hall–Kier alpha value is -4.07. The van der Waals surface area contributed by atoms with Crippen LogP contribution in [0.5, 0.6) is 11.5 Å². The molecule has 146 valence electrons. The quantitative estimate of drug-likeness (QED) is 0.453. The number of nitrogen functional groups attached to an aromatic ring is 1. The van der Waals surface area contributed by atoms with E-state index in [1.54, 1.807) is 26.5 Å². The molecule has 0 unspecified atom stereocenters. The monoisotopic (exact) mass is 388 g/mol. The second kappa shape index (κ2) is 7.89. The maximum absolute atomic E-state index is 6.35. The normalized spacial score (nSPS) is 10.6. The molecular weight excluding hydrogens is 368 g/mol. The van der Waals surface area contributed by atoms with Gasteiger partial charge in [-0.25, -0.2) is 9.97 Å². The topological polar surface area (TPSA) is 107 Å². The zero-order valence-corrected chi connectivity index (χ0v) is 16.0. The number of nitrogens with two attached hydrogens (primary N) is 1. The second-order valence-electron chi connectivity index (χ2n) is 6.18. The molecule has 0 fully saturated rings. The van der Waals surface area contributed by atoms with E-state index in [0.29, 0.717) is 34.5 Å². The Balaban J connectivity index is 1.68. The molecule has 2 heterocycles. The first-order valence-corrected chi connectivity index (χ1v) is 8.90. The molecule has 4 N–H and O–H groups in total. The van der Waals surface area contributed by atoms with Crippen LogP contribution in [0.15, 0.2) is 61.1 Å². The number of ether oxygens (including phenoxy) is 2. The van der Waals surface area contributed by atoms with Crippen molar-refractivity contribution in [3.05, 3.63) is 61.1 Å². The molecule has 0 aliphatic carbocycles. The molecule has 2 aromatic heterocycles. The van der Waals surface area contributed by atoms with Crippen molar-refractivity contribution in [2.75, 3.05) is 30.6 Å². The molecule has 0 saturated heterocycles. The van der Waals surface area contributed by atoms with E-state index in [9.17, 15) is 0 Å². The van der Waals surface area contributed by atoms with Crippen molar-refractivity contribution >= 4 is 39.6 Å². The molecule has 4 rings (SSSR count). The highest BCUT2D eigenvalue weighted by molar-refractivity contribution is 5.94. The van der Waals surface area contributed by atoms with Crippen molar-refractivity contribution in [2.24, 2.45) is 0 Å². The fraction of sp³-hybridized carbons (Fsp3) is 0.0952. The van der Waals surface area contributed by atoms with Crippen molar-refractivity contribution in [3.63, 3.8) is 0 Å². The third-order valence-electron chi connectivity index (χ3n) is 4.44. The first-order chi connectivity index (χ1) is 14.2. The van der Waals surface area contributed by atoms with E-state index in [0.717, 1.165) is 16.6 Å². The van der Waals surface area contributed by atoms with Gasteiger partial charge in [0.25, 0.3) is 0 Å². The Bertz CT molecular complexity index is 1160. The molecule has 0 aliphatic heterocycles. The van der Waals surface area contributed by atoms with E-state index in [1.807, 2.05) is 42.5 Å². The van der Waals surface area contributed by atoms with Crippen LogP contribution in [0.2, 0.25) is 0 Å². The first kappa shape index (κ1) is 18.3. The summed E-state index contributed by atoms with van der Waals surface area (Å²) >= 11 is 0. The highest BCUT2D eigenvalue weighted by atomic mass is 16.5. The minimum Gasteiger partial charge on any atom is -0.497 e. The minimum atomic E-state index is 0.373. The zero-order valence-electron chi connectivity index (χ0n) is 16.0. The van der Waals surface area contributed by atoms with Gasteiger partial charge in [0.1, 0.15) is 23.5 Å². The molecule has 4 aromatic rings. The second-order valence-corrected chi connectivity index (χ2v) is 6.18. The first-order valence-electron chi connectivity index (χ1n) is 8.90. The Morgan fingerprint density at radius 1 is 0.828 bits per heavy atom. The van der Waals surface area contributed by atoms with E-state index < -0.39 is 0 Å². The summed E-state index contributed by atoms with van der Waals surface area (Å²) in [4.78, 5) is 12.9. The van der Waals surface area contributed by atoms with Crippen molar-refractivity contribution in [1.82, 2.24) is 15.0 Å². The maximum atomic E-state index is 6.35. The summed E-state index contributed by atoms with van der Waals surface area (Å²) in [6, 6.07) is 15.1. The summed E-state index contributed by atoms with van der Waals surface area (Å²) in [5, 5.41) is 7.45. The summed E-state index contributed by atoms with van der Waals surface area (Å²) < 4.78 is 10.7. The molecule has 29 heavy (non-hydrogen) atoms. The van der Waals surface area contributed by atoms with Gasteiger partial charge in [0, 0.05) is 23.3 Å². The molecule has 0 spiro atoms. The van der Waals surface area contributed by atoms with Gasteiger partial charge < -0.3 is 25.8 Å². The zero-order chi connectivity index (χ0) is 20.2. The molecule has 0 atom stereocenters. The van der Waals surface area contributed by atoms with E-state index in [-0.39, 0.29) is 0 Å². The highest BCUT2D eigenvalue weighted by Gasteiger charge is 2.13. The minimum absolute atomic E-state index is 0.373. The van der Waals surface area contributed by atoms with Crippen molar-refractivity contribution in [1.29, 1.82) is 0 Å². The van der Waals surface area contributed by atoms with Gasteiger partial charge in [-0.15, -0.1) is 0 Å². The molecular formula is C21H20N6O2. The molecule has 8 nitrogen and oxygen atoms in total. The van der Waals surface area contributed by atoms with Gasteiger partial charge in [-0.3, -0.25) is 4.98 Å². The summed E-state index contributed by atoms with van der Waals surface area (Å²) in [7, 11) is 3.20. The van der Waals surface area contributed by atoms with Gasteiger partial charge in [0.15, 0.2) is 11.6 Å². The fourth-order valence-corrected chi connectivity index (χ4v) is 2.97. The standard InChI is InChI=1S/C21H20N6O2/c1-28-13-8-9-18(29-2)17(11-13)27-21-19(22)20(24-12-25-21)26-16-7-3-6-15-14(16)5-4-10-23-15/h3-12H,22H2,1-2H3,(H2,24,25,26,27). The lowest BCUT2D eigenvalue weighted by atomic mass is 10.2. The number of anilines is 5. The molecule has 2 aromatic carbocycles. The Morgan fingerprint density at radius 2 is 1.62 bits per heavy atom. The van der Waals surface area contributed by atoms with Crippen LogP contribution in [-0.2, 0) is 0 Å². The van der Waals surface area contributed by atoms with Crippen molar-refractivity contribution in [3.8, 4) is 11.5 Å². The third-order valence-corrected chi connectivity index (χ3v) is 4.44. The smallest absolute Gasteiger partial charge is 0.159 e. The van der Waals surface area contributed by atoms with E-state index in [4.69, 9.17) is 15.2 Å². The number of pyridine rings is 1. The van der Waals surface area contributed by atoms with E-state index >= 15 is 0 Å². The van der Waals surface area contributed by atoms with Gasteiger partial charge in [0.2, 0.25) is 0 Å². The summed E-state index contributed by atoms with van der Waals surface area (Å²) in [6.45, 7) is 0. The van der Waals surface area contributed by atoms with Gasteiger partial charge in [-0.2, -0.15) is 0 Å². The summed E-state index contributed by atoms with van der Waals surface area (Å²) in [5.41, 5.74) is 9.13. The van der Waals surface area contributed by atoms with E-state index in [1.165, 1.54) is 6.33 Å². The van der Waals surface area contributed by atoms with Gasteiger partial charge in [0.05, 0.1) is 25.4 Å². The third kappa shape index (κ3) is 3.68. The molecule has 0 bridgehead atoms. The average Bonchev–Trinajstić information content (AvgIpc) is 2.76. The lowest BCUT2D eigenvalue weighted by Crippen LogP contribution is -2.06. The van der Waals surface area contributed by atoms with Crippen LogP contribution in [0.25, 0.3) is 10.9 Å². The number of benzene rings is 2. The number of hydrogen-bond acceptors (Lipinski definition) is 8. The predicted octanol–water partition coefficient (Wildman–Crippen LogP) is 4.11. The van der Waals surface area contributed by atoms with Crippen LogP contribution in [0.4, 0.5) is 28.7 Å². The molecule has 0 radical (unpaired) electrons. The summed E-state index contributed by atoms with van der Waals surface area (Å²) in [6.07, 6.45) is 3.20. The van der Waals surface area contributed by atoms with Crippen LogP contribution in [0.1, 0.15) is 0 Å². The molecule has 8 heteroatoms. The predicted molar refractivity (Wildman–Crippen MR) is 114 cm³/mol. The van der Waals surface area contributed by atoms with Crippen LogP contribution in [0.3, 0.4) is 0 Å². The Kier molecular flexibility index (Phi) is 4.98. The van der Waals surface area contributed by atoms with Crippen molar-refractivity contribution in [2.45, 2.75) is 0 Å². The maximum Gasteiger partial charge on any atom is 0.159 e. The molecule has 0 amide bonds. The van der Waals surface area contributed by atoms with Gasteiger partial charge in [-0.1, -0.05) is 6.07 Å². The lowest BCUT2D eigenvalue weighted by molar-refractivity contribution is 0.405. The largest absolute Gasteiger partial charge is 0.497 e. The number of rotatable bonds is 6. The van der Waals surface area contributed by atoms with Gasteiger partial charge in [-0.05, 0) is 36.4 Å². The molecule has 0 saturated carbocycles. The van der Waals surface area contributed by atoms with Crippen LogP contribution in [0, 0.1) is 0 Å².